The lowest BCUT2D eigenvalue weighted by molar-refractivity contribution is -0.00631. The molecule has 10 rings (SSSR count). The van der Waals surface area contributed by atoms with Gasteiger partial charge in [-0.2, -0.15) is 0 Å². The Labute approximate surface area is 264 Å². The predicted molar refractivity (Wildman–Crippen MR) is 180 cm³/mol. The summed E-state index contributed by atoms with van der Waals surface area (Å²) in [6, 6.07) is 8.74. The Balaban J connectivity index is 0.880. The van der Waals surface area contributed by atoms with Crippen LogP contribution in [0.1, 0.15) is 123 Å². The molecule has 2 aromatic carbocycles. The van der Waals surface area contributed by atoms with Gasteiger partial charge in [0, 0.05) is 47.8 Å². The largest absolute Gasteiger partial charge is 0.507 e. The van der Waals surface area contributed by atoms with Crippen LogP contribution in [0.4, 0.5) is 0 Å². The molecule has 0 aliphatic heterocycles. The van der Waals surface area contributed by atoms with E-state index in [9.17, 15) is 10.2 Å². The van der Waals surface area contributed by atoms with Gasteiger partial charge in [-0.1, -0.05) is 12.1 Å². The summed E-state index contributed by atoms with van der Waals surface area (Å²) in [6.45, 7) is 5.80. The summed E-state index contributed by atoms with van der Waals surface area (Å²) < 4.78 is 0. The molecule has 0 atom stereocenters. The summed E-state index contributed by atoms with van der Waals surface area (Å²) in [5.41, 5.74) is 7.03. The van der Waals surface area contributed by atoms with Crippen molar-refractivity contribution >= 4 is 12.4 Å². The second kappa shape index (κ2) is 11.0. The molecule has 0 saturated heterocycles. The van der Waals surface area contributed by atoms with Crippen LogP contribution in [0.3, 0.4) is 0 Å². The number of hydrogen-bond acceptors (Lipinski definition) is 4. The maximum absolute atomic E-state index is 11.4. The Kier molecular flexibility index (Phi) is 7.22. The second-order valence-electron chi connectivity index (χ2n) is 16.7. The first-order chi connectivity index (χ1) is 21.3. The van der Waals surface area contributed by atoms with Gasteiger partial charge in [0.2, 0.25) is 0 Å². The third-order valence-corrected chi connectivity index (χ3v) is 13.1. The maximum atomic E-state index is 11.4. The van der Waals surface area contributed by atoms with E-state index < -0.39 is 0 Å². The Morgan fingerprint density at radius 1 is 0.568 bits per heavy atom. The first-order valence-electron chi connectivity index (χ1n) is 18.0. The Hall–Kier alpha value is -2.62. The number of phenols is 2. The van der Waals surface area contributed by atoms with Gasteiger partial charge in [-0.3, -0.25) is 9.98 Å². The third-order valence-electron chi connectivity index (χ3n) is 13.1. The molecule has 2 N–H and O–H groups in total. The van der Waals surface area contributed by atoms with Crippen LogP contribution in [0.25, 0.3) is 0 Å². The van der Waals surface area contributed by atoms with Crippen molar-refractivity contribution < 1.29 is 10.2 Å². The summed E-state index contributed by atoms with van der Waals surface area (Å²) in [7, 11) is 0. The van der Waals surface area contributed by atoms with E-state index in [0.717, 1.165) is 72.6 Å². The molecule has 8 bridgehead atoms. The number of unbranched alkanes of at least 4 members (excludes halogenated alkanes) is 1. The second-order valence-corrected chi connectivity index (χ2v) is 16.7. The lowest BCUT2D eigenvalue weighted by atomic mass is 9.48. The highest BCUT2D eigenvalue weighted by Crippen LogP contribution is 2.63. The van der Waals surface area contributed by atoms with Crippen molar-refractivity contribution in [1.82, 2.24) is 0 Å². The molecule has 234 valence electrons. The van der Waals surface area contributed by atoms with E-state index in [-0.39, 0.29) is 10.8 Å². The van der Waals surface area contributed by atoms with E-state index in [0.29, 0.717) is 11.5 Å². The molecule has 44 heavy (non-hydrogen) atoms. The summed E-state index contributed by atoms with van der Waals surface area (Å²) in [4.78, 5) is 9.47. The number of phenolic OH excluding ortho intramolecular Hbond substituents is 2. The molecule has 4 heteroatoms. The van der Waals surface area contributed by atoms with E-state index in [2.05, 4.69) is 38.1 Å². The molecule has 0 unspecified atom stereocenters. The molecular formula is C40H52N2O2. The molecule has 8 saturated carbocycles. The number of nitrogens with zero attached hydrogens (tertiary/aromatic N) is 2. The minimum atomic E-state index is 0.188. The van der Waals surface area contributed by atoms with Crippen LogP contribution in [0.2, 0.25) is 0 Å². The number of benzene rings is 2. The zero-order valence-electron chi connectivity index (χ0n) is 27.0. The van der Waals surface area contributed by atoms with Crippen molar-refractivity contribution in [2.45, 2.75) is 115 Å². The fourth-order valence-electron chi connectivity index (χ4n) is 12.2. The Bertz CT molecular complexity index is 1300. The highest BCUT2D eigenvalue weighted by Gasteiger charge is 2.53. The smallest absolute Gasteiger partial charge is 0.128 e. The number of aliphatic imine (C=N–C) groups is 2. The van der Waals surface area contributed by atoms with Gasteiger partial charge in [0.25, 0.3) is 0 Å². The zero-order chi connectivity index (χ0) is 30.1. The zero-order valence-corrected chi connectivity index (χ0v) is 27.0. The first-order valence-corrected chi connectivity index (χ1v) is 18.0. The van der Waals surface area contributed by atoms with Crippen molar-refractivity contribution in [1.29, 1.82) is 0 Å². The molecule has 4 nitrogen and oxygen atoms in total. The summed E-state index contributed by atoms with van der Waals surface area (Å²) in [5, 5.41) is 22.9. The molecule has 0 amide bonds. The third kappa shape index (κ3) is 5.13. The van der Waals surface area contributed by atoms with Crippen LogP contribution in [0.5, 0.6) is 11.5 Å². The number of aromatic hydroxyl groups is 2. The minimum absolute atomic E-state index is 0.188. The minimum Gasteiger partial charge on any atom is -0.507 e. The van der Waals surface area contributed by atoms with Gasteiger partial charge in [-0.15, -0.1) is 0 Å². The van der Waals surface area contributed by atoms with E-state index in [4.69, 9.17) is 9.98 Å². The van der Waals surface area contributed by atoms with Crippen molar-refractivity contribution in [3.63, 3.8) is 0 Å². The average Bonchev–Trinajstić information content (AvgIpc) is 2.96. The number of aryl methyl sites for hydroxylation is 2. The van der Waals surface area contributed by atoms with Crippen molar-refractivity contribution in [3.8, 4) is 11.5 Å². The van der Waals surface area contributed by atoms with E-state index in [1.165, 1.54) is 99.3 Å². The Morgan fingerprint density at radius 3 is 1.20 bits per heavy atom. The molecule has 2 aromatic rings. The van der Waals surface area contributed by atoms with E-state index >= 15 is 0 Å². The maximum Gasteiger partial charge on any atom is 0.128 e. The molecule has 8 fully saturated rings. The molecule has 0 heterocycles. The topological polar surface area (TPSA) is 65.2 Å². The molecule has 0 radical (unpaired) electrons. The van der Waals surface area contributed by atoms with Gasteiger partial charge in [0.05, 0.1) is 0 Å². The molecule has 8 aliphatic rings. The van der Waals surface area contributed by atoms with Crippen molar-refractivity contribution in [2.24, 2.45) is 45.5 Å². The highest BCUT2D eigenvalue weighted by molar-refractivity contribution is 5.85. The average molecular weight is 593 g/mol. The van der Waals surface area contributed by atoms with Crippen LogP contribution in [-0.4, -0.2) is 35.7 Å². The van der Waals surface area contributed by atoms with Crippen molar-refractivity contribution in [3.05, 3.63) is 57.6 Å². The standard InChI is InChI=1S/C40H52N2O2/c1-25-7-33(37(43)35(9-25)39-17-27-11-28(18-39)13-29(12-27)19-39)23-41-5-3-4-6-42-24-34-8-26(2)10-36(38(34)44)40-20-30-14-31(21-40)16-32(15-30)22-40/h7-10,23-24,27-32,43-44H,3-6,11-22H2,1-2H3. The van der Waals surface area contributed by atoms with E-state index in [1.807, 2.05) is 12.4 Å². The normalized spacial score (nSPS) is 36.8. The summed E-state index contributed by atoms with van der Waals surface area (Å²) >= 11 is 0. The number of rotatable bonds is 9. The quantitative estimate of drug-likeness (QED) is 0.225. The first kappa shape index (κ1) is 28.8. The van der Waals surface area contributed by atoms with Gasteiger partial charge < -0.3 is 10.2 Å². The van der Waals surface area contributed by atoms with Gasteiger partial charge in [0.1, 0.15) is 11.5 Å². The van der Waals surface area contributed by atoms with Gasteiger partial charge in [-0.05, 0) is 173 Å². The van der Waals surface area contributed by atoms with E-state index in [1.54, 1.807) is 0 Å². The lowest BCUT2D eigenvalue weighted by Crippen LogP contribution is -2.48. The molecular weight excluding hydrogens is 540 g/mol. The highest BCUT2D eigenvalue weighted by atomic mass is 16.3. The lowest BCUT2D eigenvalue weighted by Gasteiger charge is -2.57. The summed E-state index contributed by atoms with van der Waals surface area (Å²) in [5.74, 6) is 6.13. The molecule has 0 spiro atoms. The van der Waals surface area contributed by atoms with Crippen molar-refractivity contribution in [2.75, 3.05) is 13.1 Å². The molecule has 8 aliphatic carbocycles. The van der Waals surface area contributed by atoms with Gasteiger partial charge in [0.15, 0.2) is 0 Å². The predicted octanol–water partition coefficient (Wildman–Crippen LogP) is 8.97. The molecule has 0 aromatic heterocycles. The van der Waals surface area contributed by atoms with Crippen LogP contribution < -0.4 is 0 Å². The van der Waals surface area contributed by atoms with Gasteiger partial charge >= 0.3 is 0 Å². The van der Waals surface area contributed by atoms with Crippen LogP contribution in [-0.2, 0) is 10.8 Å². The van der Waals surface area contributed by atoms with Crippen LogP contribution in [0, 0.1) is 49.4 Å². The fraction of sp³-hybridized carbons (Fsp3) is 0.650. The number of hydrogen-bond donors (Lipinski definition) is 2. The monoisotopic (exact) mass is 592 g/mol. The van der Waals surface area contributed by atoms with Gasteiger partial charge in [-0.25, -0.2) is 0 Å². The summed E-state index contributed by atoms with van der Waals surface area (Å²) in [6.07, 6.45) is 21.8. The SMILES string of the molecule is Cc1cc(C=NCCCCN=Cc2cc(C)cc(C34CC5CC(CC(C5)C3)C4)c2O)c(O)c(C23CC4CC(CC(C4)C2)C3)c1. The van der Waals surface area contributed by atoms with Crippen LogP contribution in [0.15, 0.2) is 34.3 Å². The van der Waals surface area contributed by atoms with Crippen LogP contribution >= 0.6 is 0 Å². The fourth-order valence-corrected chi connectivity index (χ4v) is 12.2. The Morgan fingerprint density at radius 2 is 0.886 bits per heavy atom.